The monoisotopic (exact) mass is 298 g/mol. The van der Waals surface area contributed by atoms with Crippen LogP contribution >= 0.6 is 0 Å². The Morgan fingerprint density at radius 3 is 2.73 bits per heavy atom. The van der Waals surface area contributed by atoms with Crippen LogP contribution < -0.4 is 4.90 Å². The van der Waals surface area contributed by atoms with Gasteiger partial charge in [-0.3, -0.25) is 0 Å². The van der Waals surface area contributed by atoms with Gasteiger partial charge in [0.25, 0.3) is 0 Å². The number of hydrogen-bond donors (Lipinski definition) is 0. The molecule has 2 fully saturated rings. The molecule has 1 aliphatic carbocycles. The maximum absolute atomic E-state index is 9.29. The molecule has 0 radical (unpaired) electrons. The number of fused-ring (bicyclic) bond motifs is 1. The molecular formula is C20H28N2. The van der Waals surface area contributed by atoms with Gasteiger partial charge in [-0.05, 0) is 50.4 Å². The highest BCUT2D eigenvalue weighted by Crippen LogP contribution is 2.43. The van der Waals surface area contributed by atoms with Crippen LogP contribution in [0.25, 0.3) is 0 Å². The van der Waals surface area contributed by atoms with Crippen LogP contribution in [0.5, 0.6) is 0 Å². The SMILES string of the molecule is [2H]C1N2C=CC([2H])(C3CCCCC3)C2[C@H](C)N1c1ccccc1C. The lowest BCUT2D eigenvalue weighted by Crippen LogP contribution is -2.39. The first-order valence-corrected chi connectivity index (χ1v) is 8.77. The number of para-hydroxylation sites is 1. The van der Waals surface area contributed by atoms with Crippen LogP contribution in [0.4, 0.5) is 5.69 Å². The third-order valence-corrected chi connectivity index (χ3v) is 5.73. The van der Waals surface area contributed by atoms with Gasteiger partial charge in [-0.15, -0.1) is 0 Å². The minimum Gasteiger partial charge on any atom is -0.355 e. The second-order valence-electron chi connectivity index (χ2n) is 7.09. The molecule has 1 saturated heterocycles. The Bertz CT molecular complexity index is 640. The van der Waals surface area contributed by atoms with Crippen molar-refractivity contribution in [2.24, 2.45) is 11.8 Å². The summed E-state index contributed by atoms with van der Waals surface area (Å²) in [5, 5.41) is 0. The fourth-order valence-electron chi connectivity index (χ4n) is 4.52. The number of rotatable bonds is 2. The Balaban J connectivity index is 1.68. The second-order valence-corrected chi connectivity index (χ2v) is 7.09. The van der Waals surface area contributed by atoms with Gasteiger partial charge in [0, 0.05) is 19.0 Å². The molecule has 2 heterocycles. The van der Waals surface area contributed by atoms with Crippen molar-refractivity contribution in [3.8, 4) is 0 Å². The van der Waals surface area contributed by atoms with E-state index in [1.807, 2.05) is 6.20 Å². The van der Waals surface area contributed by atoms with Crippen LogP contribution in [-0.2, 0) is 0 Å². The molecule has 2 heteroatoms. The zero-order chi connectivity index (χ0) is 16.9. The molecule has 0 N–H and O–H groups in total. The summed E-state index contributed by atoms with van der Waals surface area (Å²) in [4.78, 5) is 4.33. The maximum atomic E-state index is 9.29. The molecule has 0 bridgehead atoms. The predicted octanol–water partition coefficient (Wildman–Crippen LogP) is 4.56. The van der Waals surface area contributed by atoms with Gasteiger partial charge in [-0.25, -0.2) is 0 Å². The Morgan fingerprint density at radius 1 is 1.18 bits per heavy atom. The van der Waals surface area contributed by atoms with Gasteiger partial charge >= 0.3 is 0 Å². The average Bonchev–Trinajstić information content (AvgIpc) is 3.07. The maximum Gasteiger partial charge on any atom is 0.0905 e. The number of aryl methyl sites for hydroxylation is 1. The van der Waals surface area contributed by atoms with Crippen molar-refractivity contribution in [1.29, 1.82) is 0 Å². The van der Waals surface area contributed by atoms with Crippen LogP contribution in [0.15, 0.2) is 36.5 Å². The summed E-state index contributed by atoms with van der Waals surface area (Å²) in [7, 11) is 0. The molecule has 0 amide bonds. The third-order valence-electron chi connectivity index (χ3n) is 5.73. The lowest BCUT2D eigenvalue weighted by atomic mass is 9.76. The van der Waals surface area contributed by atoms with E-state index >= 15 is 0 Å². The van der Waals surface area contributed by atoms with E-state index < -0.39 is 12.5 Å². The van der Waals surface area contributed by atoms with Crippen LogP contribution in [0.2, 0.25) is 0 Å². The van der Waals surface area contributed by atoms with E-state index in [1.54, 1.807) is 0 Å². The minimum absolute atomic E-state index is 0.0858. The molecule has 0 aromatic heterocycles. The van der Waals surface area contributed by atoms with Crippen LogP contribution in [-0.4, -0.2) is 23.6 Å². The van der Waals surface area contributed by atoms with Crippen LogP contribution in [0.3, 0.4) is 0 Å². The second kappa shape index (κ2) is 5.64. The molecule has 1 saturated carbocycles. The molecule has 4 atom stereocenters. The highest BCUT2D eigenvalue weighted by atomic mass is 15.4. The number of benzene rings is 1. The zero-order valence-corrected chi connectivity index (χ0v) is 13.7. The molecular weight excluding hydrogens is 268 g/mol. The lowest BCUT2D eigenvalue weighted by molar-refractivity contribution is 0.204. The summed E-state index contributed by atoms with van der Waals surface area (Å²) < 4.78 is 18.1. The van der Waals surface area contributed by atoms with E-state index in [0.29, 0.717) is 5.92 Å². The number of hydrogen-bond acceptors (Lipinski definition) is 2. The first kappa shape index (κ1) is 12.0. The molecule has 22 heavy (non-hydrogen) atoms. The van der Waals surface area contributed by atoms with Crippen LogP contribution in [0.1, 0.15) is 47.3 Å². The van der Waals surface area contributed by atoms with E-state index in [9.17, 15) is 1.37 Å². The fourth-order valence-corrected chi connectivity index (χ4v) is 4.52. The summed E-state index contributed by atoms with van der Waals surface area (Å²) in [5.74, 6) is -0.111. The molecule has 1 aromatic carbocycles. The van der Waals surface area contributed by atoms with E-state index in [0.717, 1.165) is 18.5 Å². The summed E-state index contributed by atoms with van der Waals surface area (Å²) in [6, 6.07) is 8.59. The zero-order valence-electron chi connectivity index (χ0n) is 15.7. The molecule has 1 aromatic rings. The van der Waals surface area contributed by atoms with Crippen molar-refractivity contribution in [2.75, 3.05) is 11.5 Å². The van der Waals surface area contributed by atoms with Crippen LogP contribution in [0, 0.1) is 18.7 Å². The Hall–Kier alpha value is -1.44. The highest BCUT2D eigenvalue weighted by molar-refractivity contribution is 5.55. The van der Waals surface area contributed by atoms with Crippen molar-refractivity contribution in [1.82, 2.24) is 4.90 Å². The quantitative estimate of drug-likeness (QED) is 0.790. The first-order chi connectivity index (χ1) is 11.5. The third kappa shape index (κ3) is 2.24. The molecule has 3 aliphatic rings. The largest absolute Gasteiger partial charge is 0.355 e. The molecule has 2 aliphatic heterocycles. The topological polar surface area (TPSA) is 6.48 Å². The summed E-state index contributed by atoms with van der Waals surface area (Å²) in [5.41, 5.74) is 2.35. The summed E-state index contributed by atoms with van der Waals surface area (Å²) in [6.07, 6.45) is 10.3. The molecule has 118 valence electrons. The van der Waals surface area contributed by atoms with Crippen molar-refractivity contribution < 1.29 is 2.74 Å². The van der Waals surface area contributed by atoms with Crippen molar-refractivity contribution in [3.05, 3.63) is 42.1 Å². The highest BCUT2D eigenvalue weighted by Gasteiger charge is 2.45. The Morgan fingerprint density at radius 2 is 1.95 bits per heavy atom. The van der Waals surface area contributed by atoms with Gasteiger partial charge in [0.1, 0.15) is 0 Å². The number of anilines is 1. The van der Waals surface area contributed by atoms with Crippen molar-refractivity contribution in [3.63, 3.8) is 0 Å². The standard InChI is InChI=1S/C20H28N2/c1-15-8-6-7-11-19(15)22-14-21-13-12-18(20(21)16(22)2)17-9-4-3-5-10-17/h6-8,11-13,16-18,20H,3-5,9-10,14H2,1-2H3/t16-,18?,20?/m0/s1/i14D,18D/t14?,16-,18?,20?. The van der Waals surface area contributed by atoms with Crippen molar-refractivity contribution >= 4 is 5.69 Å². The Labute approximate surface area is 137 Å². The van der Waals surface area contributed by atoms with Gasteiger partial charge in [0.15, 0.2) is 0 Å². The normalized spacial score (nSPS) is 39.8. The van der Waals surface area contributed by atoms with E-state index in [4.69, 9.17) is 1.37 Å². The van der Waals surface area contributed by atoms with E-state index in [2.05, 4.69) is 54.0 Å². The van der Waals surface area contributed by atoms with Crippen molar-refractivity contribution in [2.45, 2.75) is 58.0 Å². The van der Waals surface area contributed by atoms with Gasteiger partial charge in [-0.2, -0.15) is 0 Å². The fraction of sp³-hybridized carbons (Fsp3) is 0.600. The first-order valence-electron chi connectivity index (χ1n) is 9.85. The average molecular weight is 298 g/mol. The molecule has 4 rings (SSSR count). The summed E-state index contributed by atoms with van der Waals surface area (Å²) >= 11 is 0. The molecule has 2 nitrogen and oxygen atoms in total. The van der Waals surface area contributed by atoms with E-state index in [-0.39, 0.29) is 12.1 Å². The van der Waals surface area contributed by atoms with Gasteiger partial charge in [0.05, 0.1) is 14.1 Å². The van der Waals surface area contributed by atoms with Gasteiger partial charge in [-0.1, -0.05) is 43.5 Å². The summed E-state index contributed by atoms with van der Waals surface area (Å²) in [6.45, 7) is 3.89. The molecule has 0 spiro atoms. The molecule has 3 unspecified atom stereocenters. The Kier molecular flexibility index (Phi) is 3.09. The van der Waals surface area contributed by atoms with Gasteiger partial charge < -0.3 is 9.80 Å². The minimum atomic E-state index is -0.545. The predicted molar refractivity (Wildman–Crippen MR) is 92.8 cm³/mol. The van der Waals surface area contributed by atoms with E-state index in [1.165, 1.54) is 24.8 Å². The van der Waals surface area contributed by atoms with Gasteiger partial charge in [0.2, 0.25) is 0 Å². The number of nitrogens with zero attached hydrogens (tertiary/aromatic N) is 2. The lowest BCUT2D eigenvalue weighted by Gasteiger charge is -2.34. The smallest absolute Gasteiger partial charge is 0.0905 e.